The van der Waals surface area contributed by atoms with E-state index in [1.807, 2.05) is 0 Å². The van der Waals surface area contributed by atoms with E-state index in [2.05, 4.69) is 15.1 Å². The van der Waals surface area contributed by atoms with Crippen molar-refractivity contribution in [2.45, 2.75) is 0 Å². The van der Waals surface area contributed by atoms with Crippen molar-refractivity contribution in [3.8, 4) is 5.82 Å². The van der Waals surface area contributed by atoms with E-state index >= 15 is 0 Å². The summed E-state index contributed by atoms with van der Waals surface area (Å²) < 4.78 is 1.38. The SMILES string of the molecule is O=C(O)c1cnn(-c2ccncn2)c1. The molecule has 0 aliphatic heterocycles. The van der Waals surface area contributed by atoms with Gasteiger partial charge in [-0.25, -0.2) is 19.4 Å². The molecule has 0 aliphatic carbocycles. The second kappa shape index (κ2) is 3.25. The number of carbonyl (C=O) groups is 1. The third-order valence-electron chi connectivity index (χ3n) is 1.63. The van der Waals surface area contributed by atoms with E-state index in [0.29, 0.717) is 5.82 Å². The molecule has 0 spiro atoms. The Balaban J connectivity index is 2.39. The Labute approximate surface area is 78.9 Å². The van der Waals surface area contributed by atoms with Crippen molar-refractivity contribution in [3.05, 3.63) is 36.5 Å². The van der Waals surface area contributed by atoms with E-state index in [-0.39, 0.29) is 5.56 Å². The van der Waals surface area contributed by atoms with E-state index in [1.165, 1.54) is 23.4 Å². The molecule has 2 aromatic rings. The van der Waals surface area contributed by atoms with Crippen LogP contribution in [0.1, 0.15) is 10.4 Å². The van der Waals surface area contributed by atoms with Crippen LogP contribution in [0, 0.1) is 0 Å². The van der Waals surface area contributed by atoms with Crippen molar-refractivity contribution in [2.75, 3.05) is 0 Å². The maximum absolute atomic E-state index is 10.6. The molecule has 0 aromatic carbocycles. The number of rotatable bonds is 2. The van der Waals surface area contributed by atoms with Gasteiger partial charge in [-0.2, -0.15) is 5.10 Å². The topological polar surface area (TPSA) is 80.9 Å². The summed E-state index contributed by atoms with van der Waals surface area (Å²) in [5, 5.41) is 12.5. The zero-order valence-corrected chi connectivity index (χ0v) is 7.03. The lowest BCUT2D eigenvalue weighted by molar-refractivity contribution is 0.0697. The smallest absolute Gasteiger partial charge is 0.338 e. The molecule has 0 atom stereocenters. The Morgan fingerprint density at radius 2 is 2.36 bits per heavy atom. The number of nitrogens with zero attached hydrogens (tertiary/aromatic N) is 4. The fourth-order valence-corrected chi connectivity index (χ4v) is 0.978. The minimum Gasteiger partial charge on any atom is -0.478 e. The fourth-order valence-electron chi connectivity index (χ4n) is 0.978. The van der Waals surface area contributed by atoms with Gasteiger partial charge in [0, 0.05) is 18.5 Å². The van der Waals surface area contributed by atoms with Crippen molar-refractivity contribution >= 4 is 5.97 Å². The van der Waals surface area contributed by atoms with Crippen LogP contribution in [0.15, 0.2) is 31.0 Å². The Morgan fingerprint density at radius 3 is 2.93 bits per heavy atom. The van der Waals surface area contributed by atoms with Crippen LogP contribution in [-0.2, 0) is 0 Å². The number of hydrogen-bond donors (Lipinski definition) is 1. The standard InChI is InChI=1S/C8H6N4O2/c13-8(14)6-3-11-12(4-6)7-1-2-9-5-10-7/h1-5H,(H,13,14). The molecule has 1 N–H and O–H groups in total. The van der Waals surface area contributed by atoms with Gasteiger partial charge in [0.15, 0.2) is 5.82 Å². The minimum absolute atomic E-state index is 0.128. The number of aromatic nitrogens is 4. The van der Waals surface area contributed by atoms with Crippen LogP contribution in [-0.4, -0.2) is 30.8 Å². The van der Waals surface area contributed by atoms with Gasteiger partial charge in [0.25, 0.3) is 0 Å². The number of carboxylic acid groups (broad SMARTS) is 1. The number of carboxylic acids is 1. The highest BCUT2D eigenvalue weighted by molar-refractivity contribution is 5.86. The van der Waals surface area contributed by atoms with Gasteiger partial charge < -0.3 is 5.11 Å². The van der Waals surface area contributed by atoms with E-state index in [0.717, 1.165) is 0 Å². The molecule has 2 heterocycles. The van der Waals surface area contributed by atoms with Gasteiger partial charge in [-0.05, 0) is 0 Å². The summed E-state index contributed by atoms with van der Waals surface area (Å²) in [6.45, 7) is 0. The largest absolute Gasteiger partial charge is 0.478 e. The molecule has 2 aromatic heterocycles. The molecule has 6 heteroatoms. The maximum Gasteiger partial charge on any atom is 0.338 e. The Hall–Kier alpha value is -2.24. The van der Waals surface area contributed by atoms with Crippen molar-refractivity contribution in [2.24, 2.45) is 0 Å². The zero-order valence-electron chi connectivity index (χ0n) is 7.03. The third kappa shape index (κ3) is 1.45. The molecule has 2 rings (SSSR count). The minimum atomic E-state index is -1.01. The van der Waals surface area contributed by atoms with Crippen LogP contribution < -0.4 is 0 Å². The van der Waals surface area contributed by atoms with Gasteiger partial charge in [-0.15, -0.1) is 0 Å². The molecule has 0 aliphatic rings. The molecule has 6 nitrogen and oxygen atoms in total. The second-order valence-electron chi connectivity index (χ2n) is 2.55. The quantitative estimate of drug-likeness (QED) is 0.739. The highest BCUT2D eigenvalue weighted by atomic mass is 16.4. The van der Waals surface area contributed by atoms with Gasteiger partial charge in [-0.1, -0.05) is 0 Å². The average molecular weight is 190 g/mol. The lowest BCUT2D eigenvalue weighted by Gasteiger charge is -1.96. The first-order chi connectivity index (χ1) is 6.77. The number of aromatic carboxylic acids is 1. The predicted molar refractivity (Wildman–Crippen MR) is 46.1 cm³/mol. The predicted octanol–water partition coefficient (Wildman–Crippen LogP) is 0.360. The third-order valence-corrected chi connectivity index (χ3v) is 1.63. The van der Waals surface area contributed by atoms with Crippen LogP contribution in [0.2, 0.25) is 0 Å². The molecule has 0 unspecified atom stereocenters. The average Bonchev–Trinajstić information content (AvgIpc) is 2.68. The van der Waals surface area contributed by atoms with Crippen LogP contribution in [0.3, 0.4) is 0 Å². The van der Waals surface area contributed by atoms with Crippen LogP contribution in [0.4, 0.5) is 0 Å². The van der Waals surface area contributed by atoms with Gasteiger partial charge in [0.2, 0.25) is 0 Å². The summed E-state index contributed by atoms with van der Waals surface area (Å²) in [6.07, 6.45) is 5.59. The highest BCUT2D eigenvalue weighted by Gasteiger charge is 2.06. The second-order valence-corrected chi connectivity index (χ2v) is 2.55. The summed E-state index contributed by atoms with van der Waals surface area (Å²) in [5.74, 6) is -0.474. The summed E-state index contributed by atoms with van der Waals surface area (Å²) in [5.41, 5.74) is 0.128. The van der Waals surface area contributed by atoms with Gasteiger partial charge in [0.05, 0.1) is 11.8 Å². The normalized spacial score (nSPS) is 10.0. The first kappa shape index (κ1) is 8.36. The molecule has 0 bridgehead atoms. The van der Waals surface area contributed by atoms with Gasteiger partial charge in [-0.3, -0.25) is 0 Å². The molecule has 70 valence electrons. The van der Waals surface area contributed by atoms with Gasteiger partial charge in [0.1, 0.15) is 6.33 Å². The first-order valence-electron chi connectivity index (χ1n) is 3.82. The van der Waals surface area contributed by atoms with E-state index in [1.54, 1.807) is 12.3 Å². The molecule has 0 saturated heterocycles. The van der Waals surface area contributed by atoms with Gasteiger partial charge >= 0.3 is 5.97 Å². The van der Waals surface area contributed by atoms with E-state index in [4.69, 9.17) is 5.11 Å². The van der Waals surface area contributed by atoms with Crippen molar-refractivity contribution in [1.29, 1.82) is 0 Å². The molecule has 14 heavy (non-hydrogen) atoms. The van der Waals surface area contributed by atoms with Crippen LogP contribution in [0.5, 0.6) is 0 Å². The van der Waals surface area contributed by atoms with Crippen LogP contribution in [0.25, 0.3) is 5.82 Å². The summed E-state index contributed by atoms with van der Waals surface area (Å²) >= 11 is 0. The van der Waals surface area contributed by atoms with Crippen molar-refractivity contribution in [1.82, 2.24) is 19.7 Å². The Morgan fingerprint density at radius 1 is 1.50 bits per heavy atom. The molecular formula is C8H6N4O2. The lowest BCUT2D eigenvalue weighted by atomic mass is 10.4. The fraction of sp³-hybridized carbons (Fsp3) is 0. The van der Waals surface area contributed by atoms with Crippen LogP contribution >= 0.6 is 0 Å². The highest BCUT2D eigenvalue weighted by Crippen LogP contribution is 2.03. The lowest BCUT2D eigenvalue weighted by Crippen LogP contribution is -1.98. The Kier molecular flexibility index (Phi) is 1.94. The van der Waals surface area contributed by atoms with E-state index in [9.17, 15) is 4.79 Å². The summed E-state index contributed by atoms with van der Waals surface area (Å²) in [6, 6.07) is 1.64. The van der Waals surface area contributed by atoms with E-state index < -0.39 is 5.97 Å². The molecule has 0 amide bonds. The molecular weight excluding hydrogens is 184 g/mol. The number of hydrogen-bond acceptors (Lipinski definition) is 4. The molecule has 0 saturated carbocycles. The summed E-state index contributed by atoms with van der Waals surface area (Å²) in [7, 11) is 0. The zero-order chi connectivity index (χ0) is 9.97. The molecule has 0 radical (unpaired) electrons. The molecule has 0 fully saturated rings. The van der Waals surface area contributed by atoms with Crippen molar-refractivity contribution < 1.29 is 9.90 Å². The first-order valence-corrected chi connectivity index (χ1v) is 3.82. The Bertz CT molecular complexity index is 451. The summed E-state index contributed by atoms with van der Waals surface area (Å²) in [4.78, 5) is 18.2. The van der Waals surface area contributed by atoms with Crippen molar-refractivity contribution in [3.63, 3.8) is 0 Å². The maximum atomic E-state index is 10.6. The monoisotopic (exact) mass is 190 g/mol.